The lowest BCUT2D eigenvalue weighted by molar-refractivity contribution is -0.129. The van der Waals surface area contributed by atoms with Gasteiger partial charge in [-0.15, -0.1) is 0 Å². The van der Waals surface area contributed by atoms with E-state index in [2.05, 4.69) is 5.32 Å². The average Bonchev–Trinajstić information content (AvgIpc) is 2.99. The molecule has 0 saturated carbocycles. The summed E-state index contributed by atoms with van der Waals surface area (Å²) in [7, 11) is 0. The van der Waals surface area contributed by atoms with Gasteiger partial charge in [0.05, 0.1) is 0 Å². The van der Waals surface area contributed by atoms with Crippen LogP contribution in [-0.4, -0.2) is 35.1 Å². The summed E-state index contributed by atoms with van der Waals surface area (Å²) in [5.74, 6) is 0.674. The molecular formula is C23H28N2O4. The van der Waals surface area contributed by atoms with E-state index < -0.39 is 17.7 Å². The lowest BCUT2D eigenvalue weighted by Gasteiger charge is -2.21. The third kappa shape index (κ3) is 6.24. The summed E-state index contributed by atoms with van der Waals surface area (Å²) in [6.07, 6.45) is 0.0106. The zero-order valence-corrected chi connectivity index (χ0v) is 17.2. The predicted molar refractivity (Wildman–Crippen MR) is 110 cm³/mol. The molecular weight excluding hydrogens is 368 g/mol. The van der Waals surface area contributed by atoms with Gasteiger partial charge in [0, 0.05) is 13.1 Å². The summed E-state index contributed by atoms with van der Waals surface area (Å²) in [6.45, 7) is 6.95. The first kappa shape index (κ1) is 20.7. The SMILES string of the molecule is CC(C)(C)OC(=O)N[C@@H]1CCN(Cc2cccc(OCc3ccccc3)c2)C1=O. The van der Waals surface area contributed by atoms with Gasteiger partial charge in [-0.1, -0.05) is 42.5 Å². The van der Waals surface area contributed by atoms with E-state index >= 15 is 0 Å². The third-order valence-corrected chi connectivity index (χ3v) is 4.51. The molecule has 1 aliphatic rings. The molecule has 29 heavy (non-hydrogen) atoms. The van der Waals surface area contributed by atoms with Gasteiger partial charge in [0.2, 0.25) is 5.91 Å². The Morgan fingerprint density at radius 1 is 1.10 bits per heavy atom. The van der Waals surface area contributed by atoms with E-state index in [-0.39, 0.29) is 5.91 Å². The quantitative estimate of drug-likeness (QED) is 0.804. The fourth-order valence-electron chi connectivity index (χ4n) is 3.17. The minimum absolute atomic E-state index is 0.0912. The maximum absolute atomic E-state index is 12.6. The monoisotopic (exact) mass is 396 g/mol. The summed E-state index contributed by atoms with van der Waals surface area (Å²) in [5.41, 5.74) is 1.50. The highest BCUT2D eigenvalue weighted by molar-refractivity contribution is 5.87. The molecule has 1 fully saturated rings. The number of ether oxygens (including phenoxy) is 2. The van der Waals surface area contributed by atoms with Crippen LogP contribution < -0.4 is 10.1 Å². The lowest BCUT2D eigenvalue weighted by Crippen LogP contribution is -2.43. The van der Waals surface area contributed by atoms with Gasteiger partial charge in [-0.2, -0.15) is 0 Å². The van der Waals surface area contributed by atoms with Gasteiger partial charge < -0.3 is 19.7 Å². The molecule has 0 unspecified atom stereocenters. The van der Waals surface area contributed by atoms with E-state index in [9.17, 15) is 9.59 Å². The third-order valence-electron chi connectivity index (χ3n) is 4.51. The van der Waals surface area contributed by atoms with Gasteiger partial charge in [0.25, 0.3) is 0 Å². The first-order valence-corrected chi connectivity index (χ1v) is 9.84. The Bertz CT molecular complexity index is 845. The van der Waals surface area contributed by atoms with Gasteiger partial charge in [-0.3, -0.25) is 4.79 Å². The Morgan fingerprint density at radius 2 is 1.83 bits per heavy atom. The molecule has 3 rings (SSSR count). The van der Waals surface area contributed by atoms with E-state index in [0.717, 1.165) is 16.9 Å². The van der Waals surface area contributed by atoms with Crippen molar-refractivity contribution in [2.24, 2.45) is 0 Å². The number of rotatable bonds is 6. The van der Waals surface area contributed by atoms with E-state index in [0.29, 0.717) is 26.1 Å². The number of hydrogen-bond donors (Lipinski definition) is 1. The molecule has 1 atom stereocenters. The van der Waals surface area contributed by atoms with Crippen molar-refractivity contribution in [3.05, 3.63) is 65.7 Å². The summed E-state index contributed by atoms with van der Waals surface area (Å²) < 4.78 is 11.1. The predicted octanol–water partition coefficient (Wildman–Crippen LogP) is 3.89. The number of likely N-dealkylation sites (tertiary alicyclic amines) is 1. The molecule has 2 amide bonds. The largest absolute Gasteiger partial charge is 0.489 e. The smallest absolute Gasteiger partial charge is 0.408 e. The molecule has 154 valence electrons. The van der Waals surface area contributed by atoms with E-state index in [1.807, 2.05) is 54.6 Å². The molecule has 1 heterocycles. The molecule has 0 radical (unpaired) electrons. The molecule has 2 aromatic carbocycles. The summed E-state index contributed by atoms with van der Waals surface area (Å²) >= 11 is 0. The number of benzene rings is 2. The van der Waals surface area contributed by atoms with Crippen molar-refractivity contribution in [1.29, 1.82) is 0 Å². The molecule has 1 aliphatic heterocycles. The molecule has 0 aliphatic carbocycles. The van der Waals surface area contributed by atoms with Crippen LogP contribution in [0, 0.1) is 0 Å². The van der Waals surface area contributed by atoms with Gasteiger partial charge in [0.15, 0.2) is 0 Å². The number of nitrogens with zero attached hydrogens (tertiary/aromatic N) is 1. The van der Waals surface area contributed by atoms with Crippen molar-refractivity contribution in [3.63, 3.8) is 0 Å². The van der Waals surface area contributed by atoms with E-state index in [1.165, 1.54) is 0 Å². The zero-order chi connectivity index (χ0) is 20.9. The van der Waals surface area contributed by atoms with Crippen LogP contribution in [0.25, 0.3) is 0 Å². The number of nitrogens with one attached hydrogen (secondary N) is 1. The van der Waals surface area contributed by atoms with Crippen LogP contribution >= 0.6 is 0 Å². The van der Waals surface area contributed by atoms with E-state index in [4.69, 9.17) is 9.47 Å². The Hall–Kier alpha value is -3.02. The topological polar surface area (TPSA) is 67.9 Å². The number of alkyl carbamates (subject to hydrolysis) is 1. The normalized spacial score (nSPS) is 16.6. The zero-order valence-electron chi connectivity index (χ0n) is 17.2. The molecule has 1 saturated heterocycles. The fourth-order valence-corrected chi connectivity index (χ4v) is 3.17. The van der Waals surface area contributed by atoms with Crippen molar-refractivity contribution >= 4 is 12.0 Å². The second kappa shape index (κ2) is 8.99. The van der Waals surface area contributed by atoms with Crippen molar-refractivity contribution in [2.45, 2.75) is 52.0 Å². The van der Waals surface area contributed by atoms with Crippen LogP contribution in [0.15, 0.2) is 54.6 Å². The minimum atomic E-state index is -0.592. The Balaban J connectivity index is 1.54. The lowest BCUT2D eigenvalue weighted by atomic mass is 10.2. The molecule has 6 nitrogen and oxygen atoms in total. The maximum Gasteiger partial charge on any atom is 0.408 e. The van der Waals surface area contributed by atoms with Crippen LogP contribution in [0.5, 0.6) is 5.75 Å². The highest BCUT2D eigenvalue weighted by Gasteiger charge is 2.33. The van der Waals surface area contributed by atoms with Crippen LogP contribution in [-0.2, 0) is 22.7 Å². The number of amides is 2. The average molecular weight is 396 g/mol. The number of carbonyl (C=O) groups excluding carboxylic acids is 2. The van der Waals surface area contributed by atoms with Crippen LogP contribution in [0.3, 0.4) is 0 Å². The fraction of sp³-hybridized carbons (Fsp3) is 0.391. The van der Waals surface area contributed by atoms with Crippen molar-refractivity contribution in [2.75, 3.05) is 6.54 Å². The molecule has 0 aromatic heterocycles. The van der Waals surface area contributed by atoms with E-state index in [1.54, 1.807) is 25.7 Å². The van der Waals surface area contributed by atoms with Crippen LogP contribution in [0.1, 0.15) is 38.3 Å². The first-order valence-electron chi connectivity index (χ1n) is 9.84. The summed E-state index contributed by atoms with van der Waals surface area (Å²) in [5, 5.41) is 2.67. The first-order chi connectivity index (χ1) is 13.8. The molecule has 6 heteroatoms. The van der Waals surface area contributed by atoms with Gasteiger partial charge in [-0.05, 0) is 50.5 Å². The van der Waals surface area contributed by atoms with Gasteiger partial charge >= 0.3 is 6.09 Å². The Labute approximate surface area is 171 Å². The number of hydrogen-bond acceptors (Lipinski definition) is 4. The second-order valence-electron chi connectivity index (χ2n) is 8.17. The minimum Gasteiger partial charge on any atom is -0.489 e. The Kier molecular flexibility index (Phi) is 6.42. The highest BCUT2D eigenvalue weighted by atomic mass is 16.6. The van der Waals surface area contributed by atoms with Gasteiger partial charge in [-0.25, -0.2) is 4.79 Å². The van der Waals surface area contributed by atoms with Crippen LogP contribution in [0.4, 0.5) is 4.79 Å². The highest BCUT2D eigenvalue weighted by Crippen LogP contribution is 2.20. The second-order valence-corrected chi connectivity index (χ2v) is 8.17. The molecule has 1 N–H and O–H groups in total. The van der Waals surface area contributed by atoms with Crippen LogP contribution in [0.2, 0.25) is 0 Å². The maximum atomic E-state index is 12.6. The molecule has 0 spiro atoms. The van der Waals surface area contributed by atoms with Crippen molar-refractivity contribution in [1.82, 2.24) is 10.2 Å². The molecule has 0 bridgehead atoms. The van der Waals surface area contributed by atoms with Gasteiger partial charge in [0.1, 0.15) is 24.0 Å². The van der Waals surface area contributed by atoms with Crippen molar-refractivity contribution < 1.29 is 19.1 Å². The van der Waals surface area contributed by atoms with Crippen molar-refractivity contribution in [3.8, 4) is 5.75 Å². The Morgan fingerprint density at radius 3 is 2.55 bits per heavy atom. The summed E-state index contributed by atoms with van der Waals surface area (Å²) in [4.78, 5) is 26.3. The summed E-state index contributed by atoms with van der Waals surface area (Å²) in [6, 6.07) is 17.2. The molecule has 2 aromatic rings. The standard InChI is InChI=1S/C23H28N2O4/c1-23(2,3)29-22(27)24-20-12-13-25(21(20)26)15-18-10-7-11-19(14-18)28-16-17-8-5-4-6-9-17/h4-11,14,20H,12-13,15-16H2,1-3H3,(H,24,27)/t20-/m1/s1. The number of carbonyl (C=O) groups is 2.